The molecule has 1 amide bonds. The van der Waals surface area contributed by atoms with E-state index in [-0.39, 0.29) is 18.5 Å². The van der Waals surface area contributed by atoms with Gasteiger partial charge in [0.1, 0.15) is 11.9 Å². The Balaban J connectivity index is 1.36. The van der Waals surface area contributed by atoms with Crippen molar-refractivity contribution in [2.75, 3.05) is 19.7 Å². The molecule has 30 heavy (non-hydrogen) atoms. The van der Waals surface area contributed by atoms with Crippen molar-refractivity contribution < 1.29 is 13.9 Å². The van der Waals surface area contributed by atoms with E-state index in [4.69, 9.17) is 10.5 Å². The number of hydrogen-bond donors (Lipinski definition) is 2. The van der Waals surface area contributed by atoms with Gasteiger partial charge in [0.05, 0.1) is 19.2 Å². The summed E-state index contributed by atoms with van der Waals surface area (Å²) in [5.74, 6) is 1.29. The highest BCUT2D eigenvalue weighted by molar-refractivity contribution is 5.78. The Bertz CT molecular complexity index is 883. The van der Waals surface area contributed by atoms with E-state index in [0.717, 1.165) is 41.2 Å². The summed E-state index contributed by atoms with van der Waals surface area (Å²) >= 11 is 0. The van der Waals surface area contributed by atoms with Crippen LogP contribution < -0.4 is 15.8 Å². The molecule has 1 saturated carbocycles. The lowest BCUT2D eigenvalue weighted by molar-refractivity contribution is -0.120. The third-order valence-corrected chi connectivity index (χ3v) is 5.90. The van der Waals surface area contributed by atoms with E-state index in [1.807, 2.05) is 49.4 Å². The normalized spacial score (nSPS) is 19.8. The van der Waals surface area contributed by atoms with Crippen molar-refractivity contribution in [2.24, 2.45) is 11.7 Å². The fourth-order valence-electron chi connectivity index (χ4n) is 3.90. The zero-order valence-electron chi connectivity index (χ0n) is 17.4. The number of halogens is 1. The molecule has 1 heterocycles. The number of nitrogens with two attached hydrogens (primary N) is 1. The number of fused-ring (bicyclic) bond motifs is 1. The first-order chi connectivity index (χ1) is 14.5. The maximum Gasteiger partial charge on any atom is 0.234 e. The first-order valence-corrected chi connectivity index (χ1v) is 10.7. The van der Waals surface area contributed by atoms with Crippen molar-refractivity contribution in [1.29, 1.82) is 0 Å². The molecule has 1 fully saturated rings. The third kappa shape index (κ3) is 5.18. The molecular weight excluding hydrogens is 381 g/mol. The van der Waals surface area contributed by atoms with E-state index < -0.39 is 6.17 Å². The van der Waals surface area contributed by atoms with Gasteiger partial charge in [0.15, 0.2) is 0 Å². The van der Waals surface area contributed by atoms with Gasteiger partial charge >= 0.3 is 0 Å². The molecule has 4 rings (SSSR count). The Morgan fingerprint density at radius 3 is 2.73 bits per heavy atom. The molecule has 160 valence electrons. The molecule has 5 nitrogen and oxygen atoms in total. The number of alkyl halides is 1. The predicted octanol–water partition coefficient (Wildman–Crippen LogP) is 3.64. The van der Waals surface area contributed by atoms with E-state index in [1.54, 1.807) is 0 Å². The molecule has 0 spiro atoms. The van der Waals surface area contributed by atoms with E-state index in [1.165, 1.54) is 12.8 Å². The molecule has 1 aliphatic carbocycles. The van der Waals surface area contributed by atoms with Crippen LogP contribution in [0.1, 0.15) is 54.2 Å². The van der Waals surface area contributed by atoms with Gasteiger partial charge in [-0.2, -0.15) is 0 Å². The molecule has 6 heteroatoms. The first-order valence-electron chi connectivity index (χ1n) is 10.7. The number of carbonyl (C=O) groups excluding carboxylic acids is 1. The predicted molar refractivity (Wildman–Crippen MR) is 115 cm³/mol. The molecule has 0 saturated heterocycles. The summed E-state index contributed by atoms with van der Waals surface area (Å²) in [7, 11) is 0. The molecule has 3 N–H and O–H groups in total. The summed E-state index contributed by atoms with van der Waals surface area (Å²) in [6.45, 7) is 4.45. The summed E-state index contributed by atoms with van der Waals surface area (Å²) in [6, 6.07) is 13.8. The monoisotopic (exact) mass is 411 g/mol. The van der Waals surface area contributed by atoms with Crippen molar-refractivity contribution in [2.45, 2.75) is 45.1 Å². The topological polar surface area (TPSA) is 67.6 Å². The second kappa shape index (κ2) is 9.14. The smallest absolute Gasteiger partial charge is 0.234 e. The Labute approximate surface area is 177 Å². The summed E-state index contributed by atoms with van der Waals surface area (Å²) in [4.78, 5) is 13.6. The molecule has 1 aliphatic heterocycles. The van der Waals surface area contributed by atoms with Crippen LogP contribution in [-0.2, 0) is 17.9 Å². The van der Waals surface area contributed by atoms with Crippen LogP contribution in [0.2, 0.25) is 0 Å². The quantitative estimate of drug-likeness (QED) is 0.696. The van der Waals surface area contributed by atoms with E-state index >= 15 is 0 Å². The zero-order chi connectivity index (χ0) is 21.1. The first kappa shape index (κ1) is 20.8. The van der Waals surface area contributed by atoms with Crippen molar-refractivity contribution in [3.63, 3.8) is 0 Å². The number of ether oxygens (including phenoxy) is 1. The van der Waals surface area contributed by atoms with Gasteiger partial charge in [0.2, 0.25) is 5.91 Å². The van der Waals surface area contributed by atoms with E-state index in [0.29, 0.717) is 19.0 Å². The van der Waals surface area contributed by atoms with Gasteiger partial charge in [-0.05, 0) is 60.1 Å². The maximum absolute atomic E-state index is 14.9. The van der Waals surface area contributed by atoms with Crippen LogP contribution >= 0.6 is 0 Å². The lowest BCUT2D eigenvalue weighted by Gasteiger charge is -2.31. The highest BCUT2D eigenvalue weighted by atomic mass is 19.1. The average Bonchev–Trinajstić information content (AvgIpc) is 3.57. The molecule has 0 radical (unpaired) electrons. The van der Waals surface area contributed by atoms with Crippen LogP contribution in [0, 0.1) is 5.92 Å². The SMILES string of the molecule is C[C@H](NC(=O)CN)c1ccc(CN2Cc3ccc(OCC4CC4)cc3C(F)C2)cc1. The minimum atomic E-state index is -1.01. The number of hydrogen-bond acceptors (Lipinski definition) is 4. The van der Waals surface area contributed by atoms with Gasteiger partial charge in [-0.15, -0.1) is 0 Å². The lowest BCUT2D eigenvalue weighted by atomic mass is 9.97. The van der Waals surface area contributed by atoms with Crippen molar-refractivity contribution in [3.8, 4) is 5.75 Å². The second-order valence-electron chi connectivity index (χ2n) is 8.49. The summed E-state index contributed by atoms with van der Waals surface area (Å²) < 4.78 is 20.7. The van der Waals surface area contributed by atoms with E-state index in [2.05, 4.69) is 10.2 Å². The van der Waals surface area contributed by atoms with Gasteiger partial charge in [-0.3, -0.25) is 9.69 Å². The van der Waals surface area contributed by atoms with Gasteiger partial charge < -0.3 is 15.8 Å². The minimum Gasteiger partial charge on any atom is -0.493 e. The summed E-state index contributed by atoms with van der Waals surface area (Å²) in [5, 5.41) is 2.85. The summed E-state index contributed by atoms with van der Waals surface area (Å²) in [5.41, 5.74) is 9.29. The van der Waals surface area contributed by atoms with Gasteiger partial charge in [0.25, 0.3) is 0 Å². The third-order valence-electron chi connectivity index (χ3n) is 5.90. The molecule has 2 aromatic carbocycles. The van der Waals surface area contributed by atoms with Crippen LogP contribution in [-0.4, -0.2) is 30.5 Å². The molecule has 1 unspecified atom stereocenters. The van der Waals surface area contributed by atoms with Crippen molar-refractivity contribution in [1.82, 2.24) is 10.2 Å². The fourth-order valence-corrected chi connectivity index (χ4v) is 3.90. The number of nitrogens with zero attached hydrogens (tertiary/aromatic N) is 1. The summed E-state index contributed by atoms with van der Waals surface area (Å²) in [6.07, 6.45) is 1.48. The minimum absolute atomic E-state index is 0.0165. The number of carbonyl (C=O) groups is 1. The molecule has 2 aromatic rings. The maximum atomic E-state index is 14.9. The highest BCUT2D eigenvalue weighted by Gasteiger charge is 2.26. The number of benzene rings is 2. The Hall–Kier alpha value is -2.44. The number of amides is 1. The molecule has 2 atom stereocenters. The molecular formula is C24H30FN3O2. The van der Waals surface area contributed by atoms with Gasteiger partial charge in [-0.1, -0.05) is 30.3 Å². The second-order valence-corrected chi connectivity index (χ2v) is 8.49. The van der Waals surface area contributed by atoms with Gasteiger partial charge in [0, 0.05) is 19.6 Å². The van der Waals surface area contributed by atoms with Crippen LogP contribution in [0.4, 0.5) is 4.39 Å². The highest BCUT2D eigenvalue weighted by Crippen LogP contribution is 2.34. The number of rotatable bonds is 8. The van der Waals surface area contributed by atoms with Gasteiger partial charge in [-0.25, -0.2) is 4.39 Å². The van der Waals surface area contributed by atoms with Crippen molar-refractivity contribution in [3.05, 3.63) is 64.7 Å². The molecule has 2 aliphatic rings. The fraction of sp³-hybridized carbons (Fsp3) is 0.458. The molecule has 0 bridgehead atoms. The zero-order valence-corrected chi connectivity index (χ0v) is 17.4. The lowest BCUT2D eigenvalue weighted by Crippen LogP contribution is -2.32. The van der Waals surface area contributed by atoms with E-state index in [9.17, 15) is 9.18 Å². The van der Waals surface area contributed by atoms with Crippen LogP contribution in [0.3, 0.4) is 0 Å². The molecule has 0 aromatic heterocycles. The Morgan fingerprint density at radius 2 is 2.03 bits per heavy atom. The Morgan fingerprint density at radius 1 is 1.27 bits per heavy atom. The van der Waals surface area contributed by atoms with Crippen LogP contribution in [0.25, 0.3) is 0 Å². The van der Waals surface area contributed by atoms with Crippen molar-refractivity contribution >= 4 is 5.91 Å². The standard InChI is InChI=1S/C24H30FN3O2/c1-16(27-24(29)11-26)19-6-4-17(5-7-19)12-28-13-20-8-9-21(30-15-18-2-3-18)10-22(20)23(25)14-28/h4-10,16,18,23H,2-3,11-15,26H2,1H3,(H,27,29)/t16-,23?/m0/s1. The van der Waals surface area contributed by atoms with Crippen LogP contribution in [0.15, 0.2) is 42.5 Å². The number of nitrogens with one attached hydrogen (secondary N) is 1. The average molecular weight is 412 g/mol. The largest absolute Gasteiger partial charge is 0.493 e. The Kier molecular flexibility index (Phi) is 6.35. The van der Waals surface area contributed by atoms with Crippen LogP contribution in [0.5, 0.6) is 5.75 Å².